The highest BCUT2D eigenvalue weighted by Crippen LogP contribution is 2.31. The second kappa shape index (κ2) is 5.08. The van der Waals surface area contributed by atoms with Gasteiger partial charge in [-0.1, -0.05) is 6.42 Å². The molecule has 1 aliphatic carbocycles. The Bertz CT molecular complexity index is 413. The SMILES string of the molecule is COc1cc(C(N)=O)ccc1OCC1CCC1. The van der Waals surface area contributed by atoms with Gasteiger partial charge < -0.3 is 15.2 Å². The molecule has 0 aromatic heterocycles. The van der Waals surface area contributed by atoms with E-state index >= 15 is 0 Å². The van der Waals surface area contributed by atoms with Gasteiger partial charge in [0.2, 0.25) is 5.91 Å². The van der Waals surface area contributed by atoms with Crippen LogP contribution < -0.4 is 15.2 Å². The number of benzene rings is 1. The van der Waals surface area contributed by atoms with Crippen LogP contribution in [0.1, 0.15) is 29.6 Å². The number of hydrogen-bond donors (Lipinski definition) is 1. The zero-order valence-corrected chi connectivity index (χ0v) is 9.94. The first-order valence-corrected chi connectivity index (χ1v) is 5.81. The number of amides is 1. The molecule has 1 fully saturated rings. The van der Waals surface area contributed by atoms with Crippen LogP contribution in [0.25, 0.3) is 0 Å². The summed E-state index contributed by atoms with van der Waals surface area (Å²) in [7, 11) is 1.55. The lowest BCUT2D eigenvalue weighted by Crippen LogP contribution is -2.19. The largest absolute Gasteiger partial charge is 0.493 e. The molecule has 4 nitrogen and oxygen atoms in total. The Hall–Kier alpha value is -1.71. The molecule has 17 heavy (non-hydrogen) atoms. The van der Waals surface area contributed by atoms with Crippen LogP contribution in [0, 0.1) is 5.92 Å². The molecule has 1 aromatic carbocycles. The molecule has 1 saturated carbocycles. The minimum absolute atomic E-state index is 0.429. The van der Waals surface area contributed by atoms with Gasteiger partial charge >= 0.3 is 0 Å². The zero-order chi connectivity index (χ0) is 12.3. The van der Waals surface area contributed by atoms with E-state index in [0.29, 0.717) is 29.6 Å². The highest BCUT2D eigenvalue weighted by atomic mass is 16.5. The van der Waals surface area contributed by atoms with Crippen LogP contribution in [0.15, 0.2) is 18.2 Å². The molecular formula is C13H17NO3. The summed E-state index contributed by atoms with van der Waals surface area (Å²) in [6, 6.07) is 5.00. The standard InChI is InChI=1S/C13H17NO3/c1-16-12-7-10(13(14)15)5-6-11(12)17-8-9-3-2-4-9/h5-7,9H,2-4,8H2,1H3,(H2,14,15). The number of hydrogen-bond acceptors (Lipinski definition) is 3. The monoisotopic (exact) mass is 235 g/mol. The van der Waals surface area contributed by atoms with Crippen LogP contribution in [0.4, 0.5) is 0 Å². The van der Waals surface area contributed by atoms with E-state index in [1.165, 1.54) is 19.3 Å². The van der Waals surface area contributed by atoms with Gasteiger partial charge in [0.15, 0.2) is 11.5 Å². The van der Waals surface area contributed by atoms with Gasteiger partial charge in [-0.15, -0.1) is 0 Å². The molecule has 0 bridgehead atoms. The molecule has 2 N–H and O–H groups in total. The van der Waals surface area contributed by atoms with E-state index < -0.39 is 5.91 Å². The van der Waals surface area contributed by atoms with Crippen LogP contribution in [-0.2, 0) is 0 Å². The number of nitrogens with two attached hydrogens (primary N) is 1. The molecule has 4 heteroatoms. The van der Waals surface area contributed by atoms with E-state index in [1.807, 2.05) is 0 Å². The Morgan fingerprint density at radius 2 is 2.18 bits per heavy atom. The average Bonchev–Trinajstić information content (AvgIpc) is 2.27. The van der Waals surface area contributed by atoms with Crippen LogP contribution in [0.3, 0.4) is 0 Å². The Balaban J connectivity index is 2.06. The van der Waals surface area contributed by atoms with Crippen LogP contribution in [-0.4, -0.2) is 19.6 Å². The quantitative estimate of drug-likeness (QED) is 0.848. The number of carbonyl (C=O) groups excluding carboxylic acids is 1. The smallest absolute Gasteiger partial charge is 0.248 e. The van der Waals surface area contributed by atoms with E-state index in [2.05, 4.69) is 0 Å². The molecular weight excluding hydrogens is 218 g/mol. The molecule has 1 aromatic rings. The minimum atomic E-state index is -0.464. The number of methoxy groups -OCH3 is 1. The van der Waals surface area contributed by atoms with Crippen molar-refractivity contribution in [1.29, 1.82) is 0 Å². The van der Waals surface area contributed by atoms with E-state index in [-0.39, 0.29) is 0 Å². The molecule has 0 atom stereocenters. The van der Waals surface area contributed by atoms with Crippen molar-refractivity contribution in [1.82, 2.24) is 0 Å². The molecule has 0 aliphatic heterocycles. The second-order valence-corrected chi connectivity index (χ2v) is 4.34. The first-order chi connectivity index (χ1) is 8.20. The predicted molar refractivity (Wildman–Crippen MR) is 64.3 cm³/mol. The molecule has 0 spiro atoms. The number of primary amides is 1. The van der Waals surface area contributed by atoms with E-state index in [1.54, 1.807) is 25.3 Å². The van der Waals surface area contributed by atoms with Crippen molar-refractivity contribution in [3.05, 3.63) is 23.8 Å². The van der Waals surface area contributed by atoms with Gasteiger partial charge in [-0.05, 0) is 37.0 Å². The van der Waals surface area contributed by atoms with E-state index in [9.17, 15) is 4.79 Å². The first-order valence-electron chi connectivity index (χ1n) is 5.81. The summed E-state index contributed by atoms with van der Waals surface area (Å²) < 4.78 is 10.9. The zero-order valence-electron chi connectivity index (χ0n) is 9.94. The molecule has 0 unspecified atom stereocenters. The molecule has 2 rings (SSSR count). The van der Waals surface area contributed by atoms with Gasteiger partial charge in [-0.2, -0.15) is 0 Å². The highest BCUT2D eigenvalue weighted by Gasteiger charge is 2.19. The lowest BCUT2D eigenvalue weighted by atomic mass is 9.86. The maximum Gasteiger partial charge on any atom is 0.248 e. The number of rotatable bonds is 5. The Kier molecular flexibility index (Phi) is 3.52. The second-order valence-electron chi connectivity index (χ2n) is 4.34. The summed E-state index contributed by atoms with van der Waals surface area (Å²) in [6.07, 6.45) is 3.77. The first kappa shape index (κ1) is 11.8. The average molecular weight is 235 g/mol. The molecule has 0 radical (unpaired) electrons. The van der Waals surface area contributed by atoms with Crippen molar-refractivity contribution >= 4 is 5.91 Å². The van der Waals surface area contributed by atoms with Crippen molar-refractivity contribution in [3.63, 3.8) is 0 Å². The third-order valence-electron chi connectivity index (χ3n) is 3.15. The molecule has 0 heterocycles. The number of ether oxygens (including phenoxy) is 2. The summed E-state index contributed by atoms with van der Waals surface area (Å²) in [6.45, 7) is 0.715. The third-order valence-corrected chi connectivity index (χ3v) is 3.15. The summed E-state index contributed by atoms with van der Waals surface area (Å²) >= 11 is 0. The van der Waals surface area contributed by atoms with Gasteiger partial charge in [-0.25, -0.2) is 0 Å². The van der Waals surface area contributed by atoms with Crippen LogP contribution in [0.5, 0.6) is 11.5 Å². The Morgan fingerprint density at radius 3 is 2.71 bits per heavy atom. The normalized spacial score (nSPS) is 15.1. The lowest BCUT2D eigenvalue weighted by molar-refractivity contribution is 0.1000. The van der Waals surface area contributed by atoms with Crippen LogP contribution >= 0.6 is 0 Å². The van der Waals surface area contributed by atoms with E-state index in [0.717, 1.165) is 0 Å². The molecule has 92 valence electrons. The van der Waals surface area contributed by atoms with E-state index in [4.69, 9.17) is 15.2 Å². The summed E-state index contributed by atoms with van der Waals surface area (Å²) in [5, 5.41) is 0. The van der Waals surface area contributed by atoms with Crippen molar-refractivity contribution in [2.45, 2.75) is 19.3 Å². The van der Waals surface area contributed by atoms with Crippen molar-refractivity contribution < 1.29 is 14.3 Å². The summed E-state index contributed by atoms with van der Waals surface area (Å²) in [5.41, 5.74) is 5.63. The fourth-order valence-electron chi connectivity index (χ4n) is 1.81. The van der Waals surface area contributed by atoms with Gasteiger partial charge in [-0.3, -0.25) is 4.79 Å². The lowest BCUT2D eigenvalue weighted by Gasteiger charge is -2.25. The predicted octanol–water partition coefficient (Wildman–Crippen LogP) is 1.97. The summed E-state index contributed by atoms with van der Waals surface area (Å²) in [5.74, 6) is 1.43. The number of carbonyl (C=O) groups is 1. The van der Waals surface area contributed by atoms with Gasteiger partial charge in [0.25, 0.3) is 0 Å². The minimum Gasteiger partial charge on any atom is -0.493 e. The highest BCUT2D eigenvalue weighted by molar-refractivity contribution is 5.93. The molecule has 1 amide bonds. The fourth-order valence-corrected chi connectivity index (χ4v) is 1.81. The Morgan fingerprint density at radius 1 is 1.41 bits per heavy atom. The van der Waals surface area contributed by atoms with Gasteiger partial charge in [0.1, 0.15) is 0 Å². The summed E-state index contributed by atoms with van der Waals surface area (Å²) in [4.78, 5) is 11.0. The molecule has 0 saturated heterocycles. The Labute approximate surface area is 101 Å². The van der Waals surface area contributed by atoms with Crippen LogP contribution in [0.2, 0.25) is 0 Å². The maximum absolute atomic E-state index is 11.0. The maximum atomic E-state index is 11.0. The van der Waals surface area contributed by atoms with Gasteiger partial charge in [0.05, 0.1) is 13.7 Å². The topological polar surface area (TPSA) is 61.5 Å². The third kappa shape index (κ3) is 2.70. The van der Waals surface area contributed by atoms with Gasteiger partial charge in [0, 0.05) is 5.56 Å². The fraction of sp³-hybridized carbons (Fsp3) is 0.462. The van der Waals surface area contributed by atoms with Crippen molar-refractivity contribution in [2.24, 2.45) is 11.7 Å². The van der Waals surface area contributed by atoms with Crippen molar-refractivity contribution in [3.8, 4) is 11.5 Å². The van der Waals surface area contributed by atoms with Crippen molar-refractivity contribution in [2.75, 3.05) is 13.7 Å². The molecule has 1 aliphatic rings.